The van der Waals surface area contributed by atoms with E-state index in [9.17, 15) is 22.9 Å². The van der Waals surface area contributed by atoms with Gasteiger partial charge in [-0.1, -0.05) is 18.2 Å². The fourth-order valence-corrected chi connectivity index (χ4v) is 6.19. The van der Waals surface area contributed by atoms with Crippen molar-refractivity contribution in [3.63, 3.8) is 0 Å². The zero-order chi connectivity index (χ0) is 23.2. The van der Waals surface area contributed by atoms with Crippen LogP contribution in [0, 0.1) is 6.92 Å². The smallest absolute Gasteiger partial charge is 0.295 e. The normalized spacial score (nSPS) is 16.5. The Labute approximate surface area is 213 Å². The molecule has 162 valence electrons. The van der Waals surface area contributed by atoms with Crippen LogP contribution in [0.15, 0.2) is 70.4 Å². The second kappa shape index (κ2) is 9.07. The van der Waals surface area contributed by atoms with Crippen LogP contribution in [0.1, 0.15) is 23.6 Å². The Balaban J connectivity index is 2.59. The number of ketones is 1. The largest absolute Gasteiger partial charge is 0.506 e. The summed E-state index contributed by atoms with van der Waals surface area (Å²) >= 11 is 13.3. The lowest BCUT2D eigenvalue weighted by Crippen LogP contribution is -2.11. The van der Waals surface area contributed by atoms with Gasteiger partial charge in [-0.3, -0.25) is 9.35 Å². The van der Waals surface area contributed by atoms with E-state index < -0.39 is 10.1 Å². The summed E-state index contributed by atoms with van der Waals surface area (Å²) in [4.78, 5) is 12.1. The van der Waals surface area contributed by atoms with Crippen LogP contribution in [0.25, 0.3) is 5.57 Å². The summed E-state index contributed by atoms with van der Waals surface area (Å²) in [5, 5.41) is 10.3. The number of phenols is 1. The Bertz CT molecular complexity index is 1340. The monoisotopic (exact) mass is 694 g/mol. The number of phenolic OH excluding ortho intramolecular Hbond substituents is 1. The van der Waals surface area contributed by atoms with E-state index in [1.54, 1.807) is 38.1 Å². The van der Waals surface area contributed by atoms with E-state index in [1.807, 2.05) is 0 Å². The molecule has 3 rings (SSSR count). The van der Waals surface area contributed by atoms with Crippen molar-refractivity contribution in [2.24, 2.45) is 0 Å². The Morgan fingerprint density at radius 2 is 1.61 bits per heavy atom. The zero-order valence-electron chi connectivity index (χ0n) is 16.0. The van der Waals surface area contributed by atoms with Crippen LogP contribution in [0.4, 0.5) is 0 Å². The molecule has 0 heterocycles. The highest BCUT2D eigenvalue weighted by Crippen LogP contribution is 2.45. The number of halogens is 4. The second-order valence-electron chi connectivity index (χ2n) is 6.71. The standard InChI is InChI=1S/C21H14Br4O5S/c1-9-12(7-14(22)20(26)18(9)24)17(11-5-3-4-6-16(11)31(28,29)30)13-8-15(23)21(27)19(25)10(13)2/h3-8,26H,1-2H3,(H,28,29,30). The minimum Gasteiger partial charge on any atom is -0.506 e. The summed E-state index contributed by atoms with van der Waals surface area (Å²) in [6, 6.07) is 7.73. The molecule has 0 unspecified atom stereocenters. The van der Waals surface area contributed by atoms with Crippen molar-refractivity contribution < 1.29 is 22.9 Å². The Kier molecular flexibility index (Phi) is 7.20. The van der Waals surface area contributed by atoms with E-state index in [2.05, 4.69) is 63.7 Å². The molecular weight excluding hydrogens is 684 g/mol. The maximum atomic E-state index is 12.4. The number of rotatable bonds is 3. The van der Waals surface area contributed by atoms with Gasteiger partial charge >= 0.3 is 0 Å². The first-order valence-corrected chi connectivity index (χ1v) is 13.2. The van der Waals surface area contributed by atoms with Gasteiger partial charge in [0, 0.05) is 5.56 Å². The van der Waals surface area contributed by atoms with Gasteiger partial charge in [-0.2, -0.15) is 8.42 Å². The Morgan fingerprint density at radius 3 is 2.23 bits per heavy atom. The van der Waals surface area contributed by atoms with Crippen molar-refractivity contribution in [3.05, 3.63) is 82.2 Å². The molecule has 2 N–H and O–H groups in total. The molecule has 5 nitrogen and oxygen atoms in total. The highest BCUT2D eigenvalue weighted by atomic mass is 79.9. The van der Waals surface area contributed by atoms with Gasteiger partial charge in [-0.15, -0.1) is 0 Å². The summed E-state index contributed by atoms with van der Waals surface area (Å²) in [6.07, 6.45) is 1.62. The lowest BCUT2D eigenvalue weighted by Gasteiger charge is -2.23. The van der Waals surface area contributed by atoms with Gasteiger partial charge < -0.3 is 5.11 Å². The van der Waals surface area contributed by atoms with E-state index in [-0.39, 0.29) is 26.5 Å². The number of allylic oxidation sites excluding steroid dienone is 5. The third kappa shape index (κ3) is 4.56. The lowest BCUT2D eigenvalue weighted by atomic mass is 9.85. The molecule has 0 radical (unpaired) electrons. The average Bonchev–Trinajstić information content (AvgIpc) is 2.72. The summed E-state index contributed by atoms with van der Waals surface area (Å²) in [6.45, 7) is 3.51. The number of benzene rings is 2. The third-order valence-corrected chi connectivity index (χ3v) is 8.86. The maximum Gasteiger partial charge on any atom is 0.295 e. The van der Waals surface area contributed by atoms with Crippen LogP contribution in [0.2, 0.25) is 0 Å². The van der Waals surface area contributed by atoms with E-state index >= 15 is 0 Å². The number of Topliss-reactive ketones (excluding diaryl/α,β-unsaturated/α-hetero) is 1. The van der Waals surface area contributed by atoms with Gasteiger partial charge in [0.05, 0.1) is 17.9 Å². The minimum absolute atomic E-state index is 0.00217. The molecule has 0 amide bonds. The molecule has 0 atom stereocenters. The first kappa shape index (κ1) is 24.6. The number of carbonyl (C=O) groups excluding carboxylic acids is 1. The molecule has 2 aromatic carbocycles. The number of hydrogen-bond donors (Lipinski definition) is 2. The minimum atomic E-state index is -4.56. The van der Waals surface area contributed by atoms with Crippen LogP contribution < -0.4 is 0 Å². The Hall–Kier alpha value is -1.04. The van der Waals surface area contributed by atoms with Gasteiger partial charge in [-0.25, -0.2) is 0 Å². The molecule has 0 saturated carbocycles. The Morgan fingerprint density at radius 1 is 1.00 bits per heavy atom. The van der Waals surface area contributed by atoms with Crippen LogP contribution >= 0.6 is 63.7 Å². The average molecular weight is 698 g/mol. The predicted molar refractivity (Wildman–Crippen MR) is 134 cm³/mol. The number of carbonyl (C=O) groups is 1. The molecule has 1 aliphatic carbocycles. The molecule has 0 bridgehead atoms. The van der Waals surface area contributed by atoms with Crippen molar-refractivity contribution in [1.82, 2.24) is 0 Å². The topological polar surface area (TPSA) is 91.7 Å². The zero-order valence-corrected chi connectivity index (χ0v) is 23.2. The first-order valence-electron chi connectivity index (χ1n) is 8.64. The fraction of sp³-hybridized carbons (Fsp3) is 0.0952. The molecular formula is C21H14Br4O5S. The van der Waals surface area contributed by atoms with Gasteiger partial charge in [0.2, 0.25) is 5.78 Å². The highest BCUT2D eigenvalue weighted by Gasteiger charge is 2.28. The summed E-state index contributed by atoms with van der Waals surface area (Å²) in [5.41, 5.74) is 3.10. The third-order valence-electron chi connectivity index (χ3n) is 4.83. The molecule has 10 heteroatoms. The van der Waals surface area contributed by atoms with Crippen LogP contribution in [-0.4, -0.2) is 23.9 Å². The fourth-order valence-electron chi connectivity index (χ4n) is 3.25. The maximum absolute atomic E-state index is 12.4. The van der Waals surface area contributed by atoms with Gasteiger partial charge in [0.1, 0.15) is 10.6 Å². The van der Waals surface area contributed by atoms with Crippen LogP contribution in [0.5, 0.6) is 5.75 Å². The van der Waals surface area contributed by atoms with E-state index in [0.717, 1.165) is 0 Å². The van der Waals surface area contributed by atoms with Gasteiger partial charge in [0.25, 0.3) is 10.1 Å². The second-order valence-corrected chi connectivity index (χ2v) is 11.4. The SMILES string of the molecule is CC1=C(Br)C(=O)C(Br)=CC1=C(c1ccccc1S(=O)(=O)O)c1cc(Br)c(O)c(Br)c1C. The molecule has 0 saturated heterocycles. The number of aromatic hydroxyl groups is 1. The van der Waals surface area contributed by atoms with E-state index in [1.165, 1.54) is 12.1 Å². The predicted octanol–water partition coefficient (Wildman–Crippen LogP) is 6.80. The molecule has 0 aromatic heterocycles. The van der Waals surface area contributed by atoms with Crippen LogP contribution in [-0.2, 0) is 14.9 Å². The summed E-state index contributed by atoms with van der Waals surface area (Å²) in [7, 11) is -4.56. The number of hydrogen-bond acceptors (Lipinski definition) is 4. The van der Waals surface area contributed by atoms with E-state index in [0.29, 0.717) is 41.3 Å². The molecule has 0 fully saturated rings. The summed E-state index contributed by atoms with van der Waals surface area (Å²) in [5.74, 6) is -0.244. The van der Waals surface area contributed by atoms with Crippen LogP contribution in [0.3, 0.4) is 0 Å². The van der Waals surface area contributed by atoms with Crippen molar-refractivity contribution in [1.29, 1.82) is 0 Å². The van der Waals surface area contributed by atoms with Crippen molar-refractivity contribution in [3.8, 4) is 5.75 Å². The highest BCUT2D eigenvalue weighted by molar-refractivity contribution is 9.13. The lowest BCUT2D eigenvalue weighted by molar-refractivity contribution is -0.111. The summed E-state index contributed by atoms with van der Waals surface area (Å²) < 4.78 is 35.7. The van der Waals surface area contributed by atoms with Crippen molar-refractivity contribution in [2.45, 2.75) is 18.7 Å². The van der Waals surface area contributed by atoms with Crippen molar-refractivity contribution in [2.75, 3.05) is 0 Å². The molecule has 0 aliphatic heterocycles. The van der Waals surface area contributed by atoms with Gasteiger partial charge in [0.15, 0.2) is 0 Å². The molecule has 1 aliphatic rings. The first-order chi connectivity index (χ1) is 14.4. The van der Waals surface area contributed by atoms with Crippen molar-refractivity contribution >= 4 is 85.2 Å². The molecule has 0 spiro atoms. The van der Waals surface area contributed by atoms with Gasteiger partial charge in [-0.05, 0) is 124 Å². The van der Waals surface area contributed by atoms with E-state index in [4.69, 9.17) is 0 Å². The molecule has 2 aromatic rings. The molecule has 31 heavy (non-hydrogen) atoms. The quantitative estimate of drug-likeness (QED) is 0.344.